The first-order valence-corrected chi connectivity index (χ1v) is 10.6. The fourth-order valence-corrected chi connectivity index (χ4v) is 4.43. The van der Waals surface area contributed by atoms with Crippen LogP contribution >= 0.6 is 39.9 Å². The molecule has 0 radical (unpaired) electrons. The maximum absolute atomic E-state index is 13.0. The zero-order chi connectivity index (χ0) is 21.9. The quantitative estimate of drug-likeness (QED) is 0.410. The lowest BCUT2D eigenvalue weighted by Gasteiger charge is -2.16. The van der Waals surface area contributed by atoms with Crippen molar-refractivity contribution in [2.24, 2.45) is 0 Å². The largest absolute Gasteiger partial charge is 0.418 e. The van der Waals surface area contributed by atoms with Crippen molar-refractivity contribution < 1.29 is 22.8 Å². The number of carbonyl (C=O) groups excluding carboxylic acids is 2. The zero-order valence-corrected chi connectivity index (χ0v) is 18.4. The molecule has 0 aliphatic carbocycles. The SMILES string of the molecule is O=C(CCN1C(=O)C(=Cc2cccc(Br)c2)SC1=S)Nc1ccccc1C(F)(F)F. The lowest BCUT2D eigenvalue weighted by atomic mass is 10.1. The van der Waals surface area contributed by atoms with Gasteiger partial charge in [-0.3, -0.25) is 14.5 Å². The van der Waals surface area contributed by atoms with E-state index in [1.165, 1.54) is 23.1 Å². The van der Waals surface area contributed by atoms with E-state index in [1.54, 1.807) is 6.08 Å². The van der Waals surface area contributed by atoms with E-state index in [9.17, 15) is 22.8 Å². The number of carbonyl (C=O) groups is 2. The molecule has 0 aromatic heterocycles. The molecule has 30 heavy (non-hydrogen) atoms. The minimum Gasteiger partial charge on any atom is -0.325 e. The van der Waals surface area contributed by atoms with E-state index in [4.69, 9.17) is 12.2 Å². The number of halogens is 4. The standard InChI is InChI=1S/C20H14BrF3N2O2S2/c21-13-5-3-4-12(10-13)11-16-18(28)26(19(29)30-16)9-8-17(27)25-15-7-2-1-6-14(15)20(22,23)24/h1-7,10-11H,8-9H2,(H,25,27). The molecule has 2 aromatic rings. The van der Waals surface area contributed by atoms with Gasteiger partial charge in [0, 0.05) is 17.4 Å². The van der Waals surface area contributed by atoms with Crippen LogP contribution in [0.4, 0.5) is 18.9 Å². The third-order valence-corrected chi connectivity index (χ3v) is 5.96. The summed E-state index contributed by atoms with van der Waals surface area (Å²) in [5.41, 5.74) is -0.442. The number of para-hydroxylation sites is 1. The molecule has 0 atom stereocenters. The van der Waals surface area contributed by atoms with Crippen molar-refractivity contribution >= 4 is 67.8 Å². The smallest absolute Gasteiger partial charge is 0.325 e. The topological polar surface area (TPSA) is 49.4 Å². The number of benzene rings is 2. The molecule has 1 N–H and O–H groups in total. The third kappa shape index (κ3) is 5.50. The molecule has 0 spiro atoms. The lowest BCUT2D eigenvalue weighted by molar-refractivity contribution is -0.137. The van der Waals surface area contributed by atoms with Gasteiger partial charge in [-0.1, -0.05) is 64.2 Å². The molecule has 1 aliphatic rings. The van der Waals surface area contributed by atoms with E-state index < -0.39 is 17.6 Å². The second kappa shape index (κ2) is 9.32. The molecule has 0 bridgehead atoms. The molecule has 10 heteroatoms. The van der Waals surface area contributed by atoms with E-state index >= 15 is 0 Å². The fourth-order valence-electron chi connectivity index (χ4n) is 2.71. The highest BCUT2D eigenvalue weighted by Crippen LogP contribution is 2.35. The molecule has 0 unspecified atom stereocenters. The van der Waals surface area contributed by atoms with E-state index in [1.807, 2.05) is 24.3 Å². The van der Waals surface area contributed by atoms with Gasteiger partial charge in [-0.2, -0.15) is 13.2 Å². The Hall–Kier alpha value is -2.17. The number of thiocarbonyl (C=S) groups is 1. The number of nitrogens with zero attached hydrogens (tertiary/aromatic N) is 1. The van der Waals surface area contributed by atoms with Crippen LogP contribution in [-0.2, 0) is 15.8 Å². The van der Waals surface area contributed by atoms with Gasteiger partial charge in [-0.05, 0) is 35.9 Å². The number of hydrogen-bond acceptors (Lipinski definition) is 4. The fraction of sp³-hybridized carbons (Fsp3) is 0.150. The van der Waals surface area contributed by atoms with E-state index in [0.29, 0.717) is 9.23 Å². The number of rotatable bonds is 5. The van der Waals surface area contributed by atoms with Gasteiger partial charge in [0.25, 0.3) is 5.91 Å². The summed E-state index contributed by atoms with van der Waals surface area (Å²) in [7, 11) is 0. The van der Waals surface area contributed by atoms with Crippen molar-refractivity contribution in [3.05, 3.63) is 69.0 Å². The second-order valence-corrected chi connectivity index (χ2v) is 8.82. The molecule has 3 rings (SSSR count). The summed E-state index contributed by atoms with van der Waals surface area (Å²) < 4.78 is 40.3. The number of anilines is 1. The summed E-state index contributed by atoms with van der Waals surface area (Å²) >= 11 is 9.71. The van der Waals surface area contributed by atoms with Crippen molar-refractivity contribution in [1.82, 2.24) is 4.90 Å². The average molecular weight is 515 g/mol. The molecule has 2 aromatic carbocycles. The molecular weight excluding hydrogens is 501 g/mol. The molecule has 1 heterocycles. The Labute approximate surface area is 188 Å². The Morgan fingerprint density at radius 3 is 2.63 bits per heavy atom. The lowest BCUT2D eigenvalue weighted by Crippen LogP contribution is -2.31. The van der Waals surface area contributed by atoms with Crippen molar-refractivity contribution in [2.45, 2.75) is 12.6 Å². The van der Waals surface area contributed by atoms with Crippen LogP contribution in [0.5, 0.6) is 0 Å². The Bertz CT molecular complexity index is 1040. The number of nitrogens with one attached hydrogen (secondary N) is 1. The third-order valence-electron chi connectivity index (χ3n) is 4.09. The minimum atomic E-state index is -4.58. The van der Waals surface area contributed by atoms with Crippen molar-refractivity contribution in [1.29, 1.82) is 0 Å². The van der Waals surface area contributed by atoms with Gasteiger partial charge in [0.05, 0.1) is 16.2 Å². The van der Waals surface area contributed by atoms with Crippen LogP contribution < -0.4 is 5.32 Å². The van der Waals surface area contributed by atoms with Crippen molar-refractivity contribution in [3.63, 3.8) is 0 Å². The summed E-state index contributed by atoms with van der Waals surface area (Å²) in [5.74, 6) is -0.981. The Kier molecular flexibility index (Phi) is 6.99. The van der Waals surface area contributed by atoms with Gasteiger partial charge in [0.1, 0.15) is 4.32 Å². The summed E-state index contributed by atoms with van der Waals surface area (Å²) in [6.07, 6.45) is -3.08. The highest BCUT2D eigenvalue weighted by Gasteiger charge is 2.34. The van der Waals surface area contributed by atoms with E-state index in [2.05, 4.69) is 21.2 Å². The van der Waals surface area contributed by atoms with Gasteiger partial charge < -0.3 is 5.32 Å². The van der Waals surface area contributed by atoms with Crippen LogP contribution in [-0.4, -0.2) is 27.6 Å². The Balaban J connectivity index is 1.64. The predicted octanol–water partition coefficient (Wildman–Crippen LogP) is 5.70. The van der Waals surface area contributed by atoms with Crippen LogP contribution in [0.1, 0.15) is 17.5 Å². The van der Waals surface area contributed by atoms with Crippen LogP contribution in [0.2, 0.25) is 0 Å². The molecule has 0 saturated carbocycles. The first-order chi connectivity index (χ1) is 14.1. The van der Waals surface area contributed by atoms with Crippen LogP contribution in [0.3, 0.4) is 0 Å². The Morgan fingerprint density at radius 1 is 1.20 bits per heavy atom. The van der Waals surface area contributed by atoms with Crippen molar-refractivity contribution in [2.75, 3.05) is 11.9 Å². The molecule has 2 amide bonds. The minimum absolute atomic E-state index is 0.0273. The van der Waals surface area contributed by atoms with Crippen molar-refractivity contribution in [3.8, 4) is 0 Å². The first kappa shape index (κ1) is 22.5. The zero-order valence-electron chi connectivity index (χ0n) is 15.2. The molecule has 1 fully saturated rings. The molecule has 1 saturated heterocycles. The number of hydrogen-bond donors (Lipinski definition) is 1. The monoisotopic (exact) mass is 514 g/mol. The summed E-state index contributed by atoms with van der Waals surface area (Å²) in [5, 5.41) is 2.26. The van der Waals surface area contributed by atoms with Gasteiger partial charge in [-0.25, -0.2) is 0 Å². The number of amides is 2. The van der Waals surface area contributed by atoms with Crippen LogP contribution in [0.15, 0.2) is 57.9 Å². The normalized spacial score (nSPS) is 15.7. The predicted molar refractivity (Wildman–Crippen MR) is 119 cm³/mol. The summed E-state index contributed by atoms with van der Waals surface area (Å²) in [6.45, 7) is -0.0273. The van der Waals surface area contributed by atoms with Gasteiger partial charge >= 0.3 is 6.18 Å². The first-order valence-electron chi connectivity index (χ1n) is 8.62. The van der Waals surface area contributed by atoms with E-state index in [-0.39, 0.29) is 24.6 Å². The Morgan fingerprint density at radius 2 is 1.93 bits per heavy atom. The maximum Gasteiger partial charge on any atom is 0.418 e. The van der Waals surface area contributed by atoms with E-state index in [0.717, 1.165) is 27.9 Å². The molecular formula is C20H14BrF3N2O2S2. The second-order valence-electron chi connectivity index (χ2n) is 6.23. The summed E-state index contributed by atoms with van der Waals surface area (Å²) in [6, 6.07) is 12.1. The maximum atomic E-state index is 13.0. The van der Waals surface area contributed by atoms with Crippen LogP contribution in [0, 0.1) is 0 Å². The average Bonchev–Trinajstić information content (AvgIpc) is 2.92. The molecule has 156 valence electrons. The summed E-state index contributed by atoms with van der Waals surface area (Å²) in [4.78, 5) is 26.5. The van der Waals surface area contributed by atoms with Gasteiger partial charge in [-0.15, -0.1) is 0 Å². The van der Waals surface area contributed by atoms with Crippen LogP contribution in [0.25, 0.3) is 6.08 Å². The number of thioether (sulfide) groups is 1. The highest BCUT2D eigenvalue weighted by molar-refractivity contribution is 9.10. The molecule has 1 aliphatic heterocycles. The number of alkyl halides is 3. The highest BCUT2D eigenvalue weighted by atomic mass is 79.9. The van der Waals surface area contributed by atoms with Gasteiger partial charge in [0.2, 0.25) is 5.91 Å². The molecule has 4 nitrogen and oxygen atoms in total. The van der Waals surface area contributed by atoms with Gasteiger partial charge in [0.15, 0.2) is 0 Å².